The van der Waals surface area contributed by atoms with Crippen molar-refractivity contribution in [3.63, 3.8) is 0 Å². The van der Waals surface area contributed by atoms with Crippen LogP contribution in [-0.4, -0.2) is 79.8 Å². The molecule has 0 bridgehead atoms. The van der Waals surface area contributed by atoms with E-state index in [2.05, 4.69) is 51.4 Å². The van der Waals surface area contributed by atoms with E-state index in [4.69, 9.17) is 11.6 Å². The number of hydrogen-bond donors (Lipinski definition) is 3. The van der Waals surface area contributed by atoms with Crippen molar-refractivity contribution in [3.05, 3.63) is 113 Å². The van der Waals surface area contributed by atoms with Crippen LogP contribution in [0.25, 0.3) is 10.8 Å². The number of benzene rings is 6. The predicted molar refractivity (Wildman–Crippen MR) is 241 cm³/mol. The smallest absolute Gasteiger partial charge is 0.870 e. The molecule has 0 saturated carbocycles. The van der Waals surface area contributed by atoms with E-state index in [1.54, 1.807) is 13.0 Å². The third-order valence-electron chi connectivity index (χ3n) is 9.59. The summed E-state index contributed by atoms with van der Waals surface area (Å²) in [5.74, 6) is -1.79. The fourth-order valence-electron chi connectivity index (χ4n) is 6.44. The van der Waals surface area contributed by atoms with Gasteiger partial charge in [0.05, 0.1) is 35.9 Å². The van der Waals surface area contributed by atoms with Crippen molar-refractivity contribution < 1.29 is 188 Å². The molecule has 7 aromatic rings. The van der Waals surface area contributed by atoms with Crippen molar-refractivity contribution in [2.75, 3.05) is 16.0 Å². The number of aryl methyl sites for hydroxylation is 2. The van der Waals surface area contributed by atoms with Crippen LogP contribution in [0.1, 0.15) is 11.1 Å². The number of nitrogens with one attached hydrogen (secondary N) is 3. The minimum Gasteiger partial charge on any atom is -0.870 e. The van der Waals surface area contributed by atoms with Gasteiger partial charge in [-0.1, -0.05) is 30.0 Å². The number of anilines is 6. The van der Waals surface area contributed by atoms with Crippen molar-refractivity contribution in [1.82, 2.24) is 15.0 Å². The average molecular weight is 1180 g/mol. The molecule has 0 atom stereocenters. The van der Waals surface area contributed by atoms with E-state index < -0.39 is 114 Å². The van der Waals surface area contributed by atoms with Crippen LogP contribution in [0.4, 0.5) is 57.4 Å². The second-order valence-corrected chi connectivity index (χ2v) is 21.7. The number of azo groups is 2. The Balaban J connectivity index is 0.00000371. The quantitative estimate of drug-likeness (QED) is 0.0489. The summed E-state index contributed by atoms with van der Waals surface area (Å²) >= 11 is 6.09. The summed E-state index contributed by atoms with van der Waals surface area (Å²) in [6.07, 6.45) is 0. The molecule has 0 aliphatic carbocycles. The molecule has 0 fully saturated rings. The van der Waals surface area contributed by atoms with Gasteiger partial charge in [0.25, 0.3) is 0 Å². The summed E-state index contributed by atoms with van der Waals surface area (Å²) < 4.78 is 184. The largest absolute Gasteiger partial charge is 1.00 e. The first kappa shape index (κ1) is 66.1. The van der Waals surface area contributed by atoms with Gasteiger partial charge in [0, 0.05) is 22.7 Å². The average Bonchev–Trinajstić information content (AvgIpc) is 3.25. The van der Waals surface area contributed by atoms with Crippen molar-refractivity contribution in [2.45, 2.75) is 38.3 Å². The Labute approximate surface area is 520 Å². The van der Waals surface area contributed by atoms with Crippen molar-refractivity contribution in [2.24, 2.45) is 20.5 Å². The van der Waals surface area contributed by atoms with Crippen LogP contribution in [0, 0.1) is 13.8 Å². The topological polar surface area (TPSA) is 433 Å². The monoisotopic (exact) mass is 1180 g/mol. The number of hydrogen-bond acceptors (Lipinski definition) is 26. The summed E-state index contributed by atoms with van der Waals surface area (Å²) in [7, 11) is -27.3. The van der Waals surface area contributed by atoms with E-state index >= 15 is 0 Å². The summed E-state index contributed by atoms with van der Waals surface area (Å²) in [4.78, 5) is 6.34. The summed E-state index contributed by atoms with van der Waals surface area (Å²) in [5.41, 5.74) is -2.78. The second-order valence-electron chi connectivity index (χ2n) is 14.6. The normalized spacial score (nSPS) is 12.1. The Bertz CT molecular complexity index is 4020. The zero-order valence-electron chi connectivity index (χ0n) is 39.3. The number of fused-ring (bicyclic) bond motifs is 1. The molecule has 0 aliphatic rings. The number of para-hydroxylation sites is 1. The van der Waals surface area contributed by atoms with Gasteiger partial charge in [0.2, 0.25) is 17.2 Å². The maximum Gasteiger partial charge on any atom is 1.00 e. The molecule has 36 heteroatoms. The molecule has 0 aliphatic heterocycles. The minimum atomic E-state index is -5.78. The van der Waals surface area contributed by atoms with Gasteiger partial charge < -0.3 is 43.8 Å². The molecule has 0 radical (unpaired) electrons. The van der Waals surface area contributed by atoms with E-state index in [0.29, 0.717) is 23.4 Å². The van der Waals surface area contributed by atoms with Gasteiger partial charge in [-0.2, -0.15) is 20.1 Å². The van der Waals surface area contributed by atoms with Gasteiger partial charge in [-0.15, -0.1) is 15.3 Å². The van der Waals surface area contributed by atoms with Crippen LogP contribution in [-0.2, 0) is 50.6 Å². The molecule has 0 amide bonds. The van der Waals surface area contributed by atoms with E-state index in [1.165, 1.54) is 55.5 Å². The molecule has 26 nitrogen and oxygen atoms in total. The third-order valence-corrected chi connectivity index (χ3v) is 14.0. The van der Waals surface area contributed by atoms with Crippen LogP contribution < -0.4 is 139 Å². The molecular formula is C39H25ClN10Na4O16S5-2. The molecule has 7 rings (SSSR count). The molecule has 1 heterocycles. The van der Waals surface area contributed by atoms with Crippen LogP contribution in [0.15, 0.2) is 142 Å². The van der Waals surface area contributed by atoms with Crippen LogP contribution in [0.3, 0.4) is 0 Å². The predicted octanol–water partition coefficient (Wildman–Crippen LogP) is -6.03. The Kier molecular flexibility index (Phi) is 22.7. The molecule has 3 N–H and O–H groups in total. The summed E-state index contributed by atoms with van der Waals surface area (Å²) in [6, 6.07) is 17.5. The van der Waals surface area contributed by atoms with Gasteiger partial charge in [-0.3, -0.25) is 0 Å². The van der Waals surface area contributed by atoms with Gasteiger partial charge in [0.15, 0.2) is 0 Å². The first-order valence-corrected chi connectivity index (χ1v) is 26.5. The summed E-state index contributed by atoms with van der Waals surface area (Å²) in [5, 5.41) is 35.4. The van der Waals surface area contributed by atoms with E-state index in [9.17, 15) is 70.0 Å². The van der Waals surface area contributed by atoms with Gasteiger partial charge >= 0.3 is 118 Å². The van der Waals surface area contributed by atoms with Gasteiger partial charge in [0.1, 0.15) is 62.0 Å². The maximum atomic E-state index is 14.0. The minimum absolute atomic E-state index is 0. The molecule has 370 valence electrons. The van der Waals surface area contributed by atoms with E-state index in [1.807, 2.05) is 0 Å². The van der Waals surface area contributed by atoms with Crippen molar-refractivity contribution in [1.29, 1.82) is 0 Å². The van der Waals surface area contributed by atoms with Crippen molar-refractivity contribution >= 4 is 130 Å². The van der Waals surface area contributed by atoms with Crippen molar-refractivity contribution in [3.8, 4) is 5.75 Å². The first-order valence-electron chi connectivity index (χ1n) is 19.1. The van der Waals surface area contributed by atoms with Crippen LogP contribution in [0.5, 0.6) is 5.75 Å². The second kappa shape index (κ2) is 25.7. The number of aromatic nitrogens is 3. The third kappa shape index (κ3) is 16.4. The first-order chi connectivity index (χ1) is 32.9. The van der Waals surface area contributed by atoms with E-state index in [0.717, 1.165) is 18.2 Å². The molecule has 75 heavy (non-hydrogen) atoms. The standard InChI is InChI=1S/C39H31ClN10O16S5.4Na/c1-19-12-27(20(2)11-26(19)43-39-45-37(40)44-38(46-39)42-23-9-6-10-24(15-23)67(52,53)54)47-48-28-17-32(70(61,62)63)29(18-31(28)69(58,59)60)49-50-35-33(71(64,65)66)14-21-13-25(68(55,56)57)16-30(34(21)36(35)51)41-22-7-4-3-5-8-22;;;;/h3-18,41,51H,1-2H3,(H,52,53,54)(H,55,56,57)(H,58,59,60)(H,61,62,63)(H,64,65,66)(H2,42,43,44,45,46);;;;/q;4*+1/p-6. The van der Waals surface area contributed by atoms with Gasteiger partial charge in [-0.25, -0.2) is 42.1 Å². The maximum absolute atomic E-state index is 14.0. The SMILES string of the molecule is Cc1cc(Nc2nc(Cl)nc(Nc3cccc(S(=O)(=O)[O-])c3)n2)c(C)cc1N=Nc1cc(S(=O)(=O)[O-])c(N=Nc2c(S(=O)(=O)[O-])cc3cc(S(=O)(=O)[O-])cc(Nc4ccccc4)c3c2[O-])cc1S(=O)(=O)[O-].[Na+].[Na+].[Na+].[Na+]. The summed E-state index contributed by atoms with van der Waals surface area (Å²) in [6.45, 7) is 3.04. The Morgan fingerprint density at radius 1 is 0.467 bits per heavy atom. The fourth-order valence-corrected chi connectivity index (χ4v) is 9.52. The molecule has 0 saturated heterocycles. The zero-order chi connectivity index (χ0) is 52.0. The number of rotatable bonds is 15. The molecule has 0 spiro atoms. The fraction of sp³-hybridized carbons (Fsp3) is 0.0513. The number of nitrogens with zero attached hydrogens (tertiary/aromatic N) is 7. The Morgan fingerprint density at radius 3 is 1.53 bits per heavy atom. The molecule has 1 aromatic heterocycles. The number of halogens is 1. The Hall–Kier alpha value is -3.17. The molecule has 6 aromatic carbocycles. The zero-order valence-corrected chi connectivity index (χ0v) is 52.2. The van der Waals surface area contributed by atoms with E-state index in [-0.39, 0.29) is 170 Å². The Morgan fingerprint density at radius 2 is 0.987 bits per heavy atom. The molecular weight excluding hydrogens is 1150 g/mol. The van der Waals surface area contributed by atoms with Crippen LogP contribution >= 0.6 is 11.6 Å². The molecule has 0 unspecified atom stereocenters. The van der Waals surface area contributed by atoms with Gasteiger partial charge in [-0.05, 0) is 120 Å². The van der Waals surface area contributed by atoms with Crippen LogP contribution in [0.2, 0.25) is 5.28 Å².